The molecule has 0 saturated carbocycles. The van der Waals surface area contributed by atoms with Crippen LogP contribution in [0.4, 0.5) is 0 Å². The van der Waals surface area contributed by atoms with Gasteiger partial charge in [-0.1, -0.05) is 11.6 Å². The molecule has 2 heterocycles. The van der Waals surface area contributed by atoms with Crippen molar-refractivity contribution in [2.45, 2.75) is 44.2 Å². The van der Waals surface area contributed by atoms with Crippen molar-refractivity contribution < 1.29 is 4.74 Å². The minimum atomic E-state index is 0.400. The molecule has 1 aromatic heterocycles. The predicted molar refractivity (Wildman–Crippen MR) is 74.0 cm³/mol. The van der Waals surface area contributed by atoms with Gasteiger partial charge in [0, 0.05) is 25.0 Å². The van der Waals surface area contributed by atoms with Crippen molar-refractivity contribution in [1.82, 2.24) is 10.3 Å². The lowest BCUT2D eigenvalue weighted by atomic mass is 9.97. The van der Waals surface area contributed by atoms with Gasteiger partial charge in [-0.25, -0.2) is 0 Å². The molecule has 0 bridgehead atoms. The second kappa shape index (κ2) is 7.07. The van der Waals surface area contributed by atoms with Crippen LogP contribution in [0.3, 0.4) is 0 Å². The second-order valence-corrected chi connectivity index (χ2v) is 5.29. The zero-order chi connectivity index (χ0) is 12.8. The number of likely N-dealkylation sites (N-methyl/N-ethyl adjacent to an activating group) is 1. The van der Waals surface area contributed by atoms with Gasteiger partial charge >= 0.3 is 0 Å². The molecular formula is C14H21ClN2O. The first-order valence-corrected chi connectivity index (χ1v) is 7.04. The summed E-state index contributed by atoms with van der Waals surface area (Å²) in [7, 11) is 2.00. The molecule has 1 aliphatic heterocycles. The van der Waals surface area contributed by atoms with E-state index < -0.39 is 0 Å². The van der Waals surface area contributed by atoms with E-state index in [0.717, 1.165) is 30.0 Å². The van der Waals surface area contributed by atoms with Crippen LogP contribution in [-0.2, 0) is 11.2 Å². The lowest BCUT2D eigenvalue weighted by Crippen LogP contribution is -2.34. The summed E-state index contributed by atoms with van der Waals surface area (Å²) in [6.45, 7) is 0.914. The molecule has 1 saturated heterocycles. The van der Waals surface area contributed by atoms with Crippen LogP contribution in [0.25, 0.3) is 0 Å². The third-order valence-corrected chi connectivity index (χ3v) is 3.89. The molecule has 2 unspecified atom stereocenters. The Kier molecular flexibility index (Phi) is 5.42. The van der Waals surface area contributed by atoms with Gasteiger partial charge in [0.1, 0.15) is 0 Å². The van der Waals surface area contributed by atoms with Crippen LogP contribution in [0.15, 0.2) is 18.5 Å². The van der Waals surface area contributed by atoms with Gasteiger partial charge in [-0.05, 0) is 50.8 Å². The van der Waals surface area contributed by atoms with E-state index in [0.29, 0.717) is 12.1 Å². The van der Waals surface area contributed by atoms with Crippen molar-refractivity contribution >= 4 is 11.6 Å². The molecule has 3 nitrogen and oxygen atoms in total. The normalized spacial score (nSPS) is 21.8. The number of rotatable bonds is 5. The number of nitrogens with one attached hydrogen (secondary N) is 1. The second-order valence-electron chi connectivity index (χ2n) is 4.88. The van der Waals surface area contributed by atoms with Gasteiger partial charge in [0.15, 0.2) is 0 Å². The fourth-order valence-electron chi connectivity index (χ4n) is 2.45. The Bertz CT molecular complexity index is 367. The average Bonchev–Trinajstić information content (AvgIpc) is 2.41. The number of ether oxygens (including phenoxy) is 1. The Balaban J connectivity index is 1.90. The van der Waals surface area contributed by atoms with Crippen LogP contribution in [-0.4, -0.2) is 30.8 Å². The third-order valence-electron chi connectivity index (χ3n) is 3.55. The van der Waals surface area contributed by atoms with E-state index in [1.807, 2.05) is 13.1 Å². The summed E-state index contributed by atoms with van der Waals surface area (Å²) in [5.74, 6) is 0. The minimum absolute atomic E-state index is 0.400. The van der Waals surface area contributed by atoms with E-state index in [2.05, 4.69) is 10.3 Å². The molecule has 0 spiro atoms. The van der Waals surface area contributed by atoms with Crippen molar-refractivity contribution in [2.24, 2.45) is 0 Å². The number of hydrogen-bond donors (Lipinski definition) is 1. The van der Waals surface area contributed by atoms with Crippen molar-refractivity contribution in [3.05, 3.63) is 29.0 Å². The number of nitrogens with zero attached hydrogens (tertiary/aromatic N) is 1. The summed E-state index contributed by atoms with van der Waals surface area (Å²) in [5, 5.41) is 4.12. The Hall–Kier alpha value is -0.640. The molecule has 1 fully saturated rings. The summed E-state index contributed by atoms with van der Waals surface area (Å²) in [4.78, 5) is 4.02. The fourth-order valence-corrected chi connectivity index (χ4v) is 2.65. The van der Waals surface area contributed by atoms with Gasteiger partial charge in [-0.15, -0.1) is 0 Å². The zero-order valence-electron chi connectivity index (χ0n) is 10.9. The molecular weight excluding hydrogens is 248 g/mol. The van der Waals surface area contributed by atoms with Gasteiger partial charge in [0.2, 0.25) is 0 Å². The lowest BCUT2D eigenvalue weighted by molar-refractivity contribution is 0.00569. The fraction of sp³-hybridized carbons (Fsp3) is 0.643. The van der Waals surface area contributed by atoms with Crippen LogP contribution < -0.4 is 5.32 Å². The Morgan fingerprint density at radius 2 is 2.44 bits per heavy atom. The lowest BCUT2D eigenvalue weighted by Gasteiger charge is -2.27. The molecule has 1 aromatic rings. The molecule has 0 amide bonds. The van der Waals surface area contributed by atoms with Crippen LogP contribution >= 0.6 is 11.6 Å². The highest BCUT2D eigenvalue weighted by atomic mass is 35.5. The summed E-state index contributed by atoms with van der Waals surface area (Å²) < 4.78 is 5.79. The molecule has 1 aliphatic rings. The third kappa shape index (κ3) is 3.94. The maximum absolute atomic E-state index is 6.15. The molecule has 0 aliphatic carbocycles. The van der Waals surface area contributed by atoms with Crippen LogP contribution in [0.2, 0.25) is 5.02 Å². The number of hydrogen-bond acceptors (Lipinski definition) is 3. The summed E-state index contributed by atoms with van der Waals surface area (Å²) >= 11 is 6.15. The summed E-state index contributed by atoms with van der Waals surface area (Å²) in [5.41, 5.74) is 1.15. The molecule has 1 N–H and O–H groups in total. The molecule has 18 heavy (non-hydrogen) atoms. The van der Waals surface area contributed by atoms with Gasteiger partial charge in [-0.3, -0.25) is 4.98 Å². The van der Waals surface area contributed by atoms with E-state index in [1.54, 1.807) is 12.4 Å². The first-order chi connectivity index (χ1) is 8.79. The van der Waals surface area contributed by atoms with Crippen LogP contribution in [0, 0.1) is 0 Å². The molecule has 100 valence electrons. The quantitative estimate of drug-likeness (QED) is 0.892. The zero-order valence-corrected chi connectivity index (χ0v) is 11.6. The van der Waals surface area contributed by atoms with E-state index in [9.17, 15) is 0 Å². The highest BCUT2D eigenvalue weighted by Crippen LogP contribution is 2.21. The van der Waals surface area contributed by atoms with Gasteiger partial charge < -0.3 is 10.1 Å². The van der Waals surface area contributed by atoms with Crippen molar-refractivity contribution in [3.63, 3.8) is 0 Å². The minimum Gasteiger partial charge on any atom is -0.378 e. The van der Waals surface area contributed by atoms with Gasteiger partial charge in [0.25, 0.3) is 0 Å². The van der Waals surface area contributed by atoms with Crippen molar-refractivity contribution in [3.8, 4) is 0 Å². The van der Waals surface area contributed by atoms with E-state index in [-0.39, 0.29) is 0 Å². The Morgan fingerprint density at radius 1 is 1.56 bits per heavy atom. The number of halogens is 1. The number of pyridine rings is 1. The molecule has 2 rings (SSSR count). The smallest absolute Gasteiger partial charge is 0.0621 e. The molecule has 4 heteroatoms. The Morgan fingerprint density at radius 3 is 3.11 bits per heavy atom. The van der Waals surface area contributed by atoms with E-state index in [1.165, 1.54) is 19.3 Å². The first kappa shape index (κ1) is 13.8. The first-order valence-electron chi connectivity index (χ1n) is 6.67. The van der Waals surface area contributed by atoms with Crippen LogP contribution in [0.1, 0.15) is 31.2 Å². The molecule has 0 aromatic carbocycles. The van der Waals surface area contributed by atoms with Crippen molar-refractivity contribution in [1.29, 1.82) is 0 Å². The number of aromatic nitrogens is 1. The molecule has 0 radical (unpaired) electrons. The Labute approximate surface area is 114 Å². The monoisotopic (exact) mass is 268 g/mol. The van der Waals surface area contributed by atoms with E-state index in [4.69, 9.17) is 16.3 Å². The predicted octanol–water partition coefficient (Wildman–Crippen LogP) is 2.82. The SMILES string of the molecule is CNC(Cc1ccncc1Cl)CC1CCCCO1. The maximum atomic E-state index is 6.15. The standard InChI is InChI=1S/C14H21ClN2O/c1-16-12(9-13-4-2-3-7-18-13)8-11-5-6-17-10-14(11)15/h5-6,10,12-13,16H,2-4,7-9H2,1H3. The van der Waals surface area contributed by atoms with Gasteiger partial charge in [0.05, 0.1) is 11.1 Å². The summed E-state index contributed by atoms with van der Waals surface area (Å²) in [6.07, 6.45) is 9.56. The highest BCUT2D eigenvalue weighted by molar-refractivity contribution is 6.31. The molecule has 2 atom stereocenters. The van der Waals surface area contributed by atoms with Gasteiger partial charge in [-0.2, -0.15) is 0 Å². The average molecular weight is 269 g/mol. The highest BCUT2D eigenvalue weighted by Gasteiger charge is 2.19. The van der Waals surface area contributed by atoms with E-state index >= 15 is 0 Å². The topological polar surface area (TPSA) is 34.2 Å². The van der Waals surface area contributed by atoms with Crippen molar-refractivity contribution in [2.75, 3.05) is 13.7 Å². The largest absolute Gasteiger partial charge is 0.378 e. The summed E-state index contributed by atoms with van der Waals surface area (Å²) in [6, 6.07) is 2.40. The maximum Gasteiger partial charge on any atom is 0.0621 e. The van der Waals surface area contributed by atoms with Crippen LogP contribution in [0.5, 0.6) is 0 Å².